The van der Waals surface area contributed by atoms with Gasteiger partial charge in [-0.25, -0.2) is 0 Å². The van der Waals surface area contributed by atoms with Crippen molar-refractivity contribution in [3.63, 3.8) is 0 Å². The number of hydrogen-bond donors (Lipinski definition) is 0. The van der Waals surface area contributed by atoms with Crippen molar-refractivity contribution >= 4 is 11.3 Å². The van der Waals surface area contributed by atoms with Gasteiger partial charge < -0.3 is 14.0 Å². The minimum atomic E-state index is 0.295. The summed E-state index contributed by atoms with van der Waals surface area (Å²) in [6.45, 7) is 4.68. The summed E-state index contributed by atoms with van der Waals surface area (Å²) in [7, 11) is 0. The maximum Gasteiger partial charge on any atom is 0.241 e. The average Bonchev–Trinajstić information content (AvgIpc) is 3.34. The van der Waals surface area contributed by atoms with Crippen LogP contribution in [-0.2, 0) is 13.1 Å². The van der Waals surface area contributed by atoms with Gasteiger partial charge in [-0.15, -0.1) is 0 Å². The molecular weight excluding hydrogens is 326 g/mol. The first-order valence-electron chi connectivity index (χ1n) is 7.78. The minimum Gasteiger partial charge on any atom is -0.454 e. The van der Waals surface area contributed by atoms with E-state index in [1.165, 1.54) is 5.56 Å². The zero-order chi connectivity index (χ0) is 16.4. The van der Waals surface area contributed by atoms with Gasteiger partial charge in [0.1, 0.15) is 0 Å². The van der Waals surface area contributed by atoms with Gasteiger partial charge in [0, 0.05) is 17.5 Å². The summed E-state index contributed by atoms with van der Waals surface area (Å²) in [4.78, 5) is 6.72. The molecule has 4 rings (SSSR count). The summed E-state index contributed by atoms with van der Waals surface area (Å²) in [5.74, 6) is 2.88. The van der Waals surface area contributed by atoms with Crippen LogP contribution < -0.4 is 9.47 Å². The molecule has 3 heterocycles. The molecule has 2 aromatic heterocycles. The molecule has 1 aliphatic rings. The molecule has 0 amide bonds. The van der Waals surface area contributed by atoms with Crippen LogP contribution in [-0.4, -0.2) is 28.4 Å². The summed E-state index contributed by atoms with van der Waals surface area (Å²) in [5.41, 5.74) is 2.16. The molecule has 1 aliphatic heterocycles. The Morgan fingerprint density at radius 1 is 1.17 bits per heavy atom. The Labute approximate surface area is 143 Å². The molecule has 3 aromatic rings. The van der Waals surface area contributed by atoms with Gasteiger partial charge in [-0.3, -0.25) is 4.90 Å². The Morgan fingerprint density at radius 2 is 2.08 bits per heavy atom. The summed E-state index contributed by atoms with van der Waals surface area (Å²) >= 11 is 1.62. The van der Waals surface area contributed by atoms with Crippen molar-refractivity contribution in [2.45, 2.75) is 20.0 Å². The highest BCUT2D eigenvalue weighted by Crippen LogP contribution is 2.32. The van der Waals surface area contributed by atoms with Crippen molar-refractivity contribution in [3.8, 4) is 22.9 Å². The van der Waals surface area contributed by atoms with Crippen LogP contribution in [0.2, 0.25) is 0 Å². The first kappa shape index (κ1) is 15.2. The minimum absolute atomic E-state index is 0.295. The Hall–Kier alpha value is -2.38. The van der Waals surface area contributed by atoms with Crippen molar-refractivity contribution in [1.82, 2.24) is 15.0 Å². The predicted molar refractivity (Wildman–Crippen MR) is 90.0 cm³/mol. The molecule has 124 valence electrons. The van der Waals surface area contributed by atoms with Crippen LogP contribution in [0.25, 0.3) is 11.4 Å². The van der Waals surface area contributed by atoms with Crippen LogP contribution in [0, 0.1) is 0 Å². The molecule has 0 atom stereocenters. The van der Waals surface area contributed by atoms with Crippen molar-refractivity contribution in [1.29, 1.82) is 0 Å². The van der Waals surface area contributed by atoms with Crippen LogP contribution in [0.4, 0.5) is 0 Å². The lowest BCUT2D eigenvalue weighted by Crippen LogP contribution is -2.22. The monoisotopic (exact) mass is 343 g/mol. The second-order valence-electron chi connectivity index (χ2n) is 5.51. The van der Waals surface area contributed by atoms with E-state index in [4.69, 9.17) is 14.0 Å². The van der Waals surface area contributed by atoms with Gasteiger partial charge in [0.2, 0.25) is 18.5 Å². The lowest BCUT2D eigenvalue weighted by molar-refractivity contribution is 0.174. The molecule has 0 saturated carbocycles. The van der Waals surface area contributed by atoms with E-state index in [2.05, 4.69) is 28.0 Å². The summed E-state index contributed by atoms with van der Waals surface area (Å²) < 4.78 is 16.2. The molecule has 0 radical (unpaired) electrons. The summed E-state index contributed by atoms with van der Waals surface area (Å²) in [6, 6.07) is 8.02. The largest absolute Gasteiger partial charge is 0.454 e. The SMILES string of the molecule is CCN(Cc1ccc2c(c1)OCO2)Cc1nc(-c2ccsc2)no1. The third kappa shape index (κ3) is 3.13. The lowest BCUT2D eigenvalue weighted by atomic mass is 10.2. The molecule has 7 heteroatoms. The number of fused-ring (bicyclic) bond motifs is 1. The summed E-state index contributed by atoms with van der Waals surface area (Å²) in [5, 5.41) is 8.07. The van der Waals surface area contributed by atoms with Crippen molar-refractivity contribution in [3.05, 3.63) is 46.5 Å². The molecule has 24 heavy (non-hydrogen) atoms. The van der Waals surface area contributed by atoms with Gasteiger partial charge in [-0.1, -0.05) is 18.1 Å². The number of hydrogen-bond acceptors (Lipinski definition) is 7. The molecule has 0 fully saturated rings. The van der Waals surface area contributed by atoms with Gasteiger partial charge in [-0.2, -0.15) is 16.3 Å². The smallest absolute Gasteiger partial charge is 0.241 e. The fourth-order valence-electron chi connectivity index (χ4n) is 2.60. The van der Waals surface area contributed by atoms with Crippen LogP contribution in [0.1, 0.15) is 18.4 Å². The maximum atomic E-state index is 5.44. The molecule has 0 unspecified atom stereocenters. The van der Waals surface area contributed by atoms with E-state index in [-0.39, 0.29) is 0 Å². The van der Waals surface area contributed by atoms with Gasteiger partial charge in [-0.05, 0) is 35.7 Å². The van der Waals surface area contributed by atoms with Crippen molar-refractivity contribution in [2.75, 3.05) is 13.3 Å². The summed E-state index contributed by atoms with van der Waals surface area (Å²) in [6.07, 6.45) is 0. The number of nitrogens with zero attached hydrogens (tertiary/aromatic N) is 3. The molecule has 1 aromatic carbocycles. The fraction of sp³-hybridized carbons (Fsp3) is 0.294. The van der Waals surface area contributed by atoms with Crippen LogP contribution in [0.15, 0.2) is 39.5 Å². The highest BCUT2D eigenvalue weighted by Gasteiger charge is 2.16. The third-order valence-electron chi connectivity index (χ3n) is 3.90. The van der Waals surface area contributed by atoms with Gasteiger partial charge >= 0.3 is 0 Å². The molecule has 0 bridgehead atoms. The first-order chi connectivity index (χ1) is 11.8. The number of ether oxygens (including phenoxy) is 2. The topological polar surface area (TPSA) is 60.6 Å². The van der Waals surface area contributed by atoms with E-state index in [9.17, 15) is 0 Å². The Bertz CT molecular complexity index is 816. The number of rotatable bonds is 6. The van der Waals surface area contributed by atoms with Crippen LogP contribution in [0.3, 0.4) is 0 Å². The van der Waals surface area contributed by atoms with Crippen molar-refractivity contribution < 1.29 is 14.0 Å². The van der Waals surface area contributed by atoms with Crippen LogP contribution >= 0.6 is 11.3 Å². The molecule has 0 saturated heterocycles. The molecule has 0 aliphatic carbocycles. The fourth-order valence-corrected chi connectivity index (χ4v) is 3.23. The Morgan fingerprint density at radius 3 is 2.92 bits per heavy atom. The Kier molecular flexibility index (Phi) is 4.18. The number of benzene rings is 1. The number of thiophene rings is 1. The lowest BCUT2D eigenvalue weighted by Gasteiger charge is -2.18. The standard InChI is InChI=1S/C17H17N3O3S/c1-2-20(8-12-3-4-14-15(7-12)22-11-21-14)9-16-18-17(19-23-16)13-5-6-24-10-13/h3-7,10H,2,8-9,11H2,1H3. The molecule has 0 N–H and O–H groups in total. The van der Waals surface area contributed by atoms with E-state index >= 15 is 0 Å². The highest BCUT2D eigenvalue weighted by atomic mass is 32.1. The molecule has 0 spiro atoms. The van der Waals surface area contributed by atoms with E-state index in [1.54, 1.807) is 11.3 Å². The maximum absolute atomic E-state index is 5.44. The van der Waals surface area contributed by atoms with Crippen molar-refractivity contribution in [2.24, 2.45) is 0 Å². The Balaban J connectivity index is 1.44. The van der Waals surface area contributed by atoms with E-state index in [1.807, 2.05) is 29.0 Å². The zero-order valence-electron chi connectivity index (χ0n) is 13.3. The first-order valence-corrected chi connectivity index (χ1v) is 8.72. The number of aromatic nitrogens is 2. The predicted octanol–water partition coefficient (Wildman–Crippen LogP) is 3.55. The van der Waals surface area contributed by atoms with Crippen LogP contribution in [0.5, 0.6) is 11.5 Å². The third-order valence-corrected chi connectivity index (χ3v) is 4.58. The van der Waals surface area contributed by atoms with E-state index < -0.39 is 0 Å². The van der Waals surface area contributed by atoms with Gasteiger partial charge in [0.05, 0.1) is 6.54 Å². The van der Waals surface area contributed by atoms with Gasteiger partial charge in [0.15, 0.2) is 11.5 Å². The average molecular weight is 343 g/mol. The molecule has 6 nitrogen and oxygen atoms in total. The highest BCUT2D eigenvalue weighted by molar-refractivity contribution is 7.08. The quantitative estimate of drug-likeness (QED) is 0.682. The van der Waals surface area contributed by atoms with Gasteiger partial charge in [0.25, 0.3) is 0 Å². The second-order valence-corrected chi connectivity index (χ2v) is 6.29. The normalized spacial score (nSPS) is 12.9. The van der Waals surface area contributed by atoms with E-state index in [0.717, 1.165) is 30.2 Å². The molecular formula is C17H17N3O3S. The zero-order valence-corrected chi connectivity index (χ0v) is 14.1. The van der Waals surface area contributed by atoms with E-state index in [0.29, 0.717) is 25.1 Å². The second kappa shape index (κ2) is 6.62.